The van der Waals surface area contributed by atoms with Crippen LogP contribution in [0.4, 0.5) is 5.69 Å². The zero-order valence-corrected chi connectivity index (χ0v) is 17.1. The van der Waals surface area contributed by atoms with E-state index in [1.165, 1.54) is 18.2 Å². The molecule has 0 fully saturated rings. The van der Waals surface area contributed by atoms with Gasteiger partial charge in [-0.05, 0) is 36.8 Å². The van der Waals surface area contributed by atoms with Gasteiger partial charge >= 0.3 is 0 Å². The molecule has 1 heterocycles. The summed E-state index contributed by atoms with van der Waals surface area (Å²) in [5, 5.41) is 2.73. The summed E-state index contributed by atoms with van der Waals surface area (Å²) in [6.45, 7) is 0.760. The fraction of sp³-hybridized carbons (Fsp3) is 0.273. The number of amides is 4. The van der Waals surface area contributed by atoms with Crippen LogP contribution in [0.2, 0.25) is 0 Å². The molecule has 1 aliphatic rings. The Labute approximate surface area is 179 Å². The van der Waals surface area contributed by atoms with Crippen molar-refractivity contribution in [1.29, 1.82) is 0 Å². The molecule has 162 valence electrons. The summed E-state index contributed by atoms with van der Waals surface area (Å²) in [6.07, 6.45) is 0.575. The number of ether oxygens (including phenoxy) is 2. The van der Waals surface area contributed by atoms with Crippen LogP contribution in [0, 0.1) is 0 Å². The van der Waals surface area contributed by atoms with Crippen LogP contribution >= 0.6 is 0 Å². The summed E-state index contributed by atoms with van der Waals surface area (Å²) in [5.41, 5.74) is 6.21. The number of methoxy groups -OCH3 is 1. The highest BCUT2D eigenvalue weighted by atomic mass is 16.5. The smallest absolute Gasteiger partial charge is 0.261 e. The molecule has 3 N–H and O–H groups in total. The van der Waals surface area contributed by atoms with E-state index in [0.717, 1.165) is 4.90 Å². The maximum absolute atomic E-state index is 12.8. The van der Waals surface area contributed by atoms with E-state index < -0.39 is 17.7 Å². The molecule has 0 radical (unpaired) electrons. The van der Waals surface area contributed by atoms with Gasteiger partial charge in [-0.3, -0.25) is 24.1 Å². The first-order valence-electron chi connectivity index (χ1n) is 9.73. The van der Waals surface area contributed by atoms with Gasteiger partial charge in [0.25, 0.3) is 17.7 Å². The fourth-order valence-electron chi connectivity index (χ4n) is 3.15. The molecule has 9 nitrogen and oxygen atoms in total. The van der Waals surface area contributed by atoms with Crippen LogP contribution in [0.15, 0.2) is 42.5 Å². The predicted molar refractivity (Wildman–Crippen MR) is 112 cm³/mol. The highest BCUT2D eigenvalue weighted by molar-refractivity contribution is 6.22. The van der Waals surface area contributed by atoms with Gasteiger partial charge in [0.1, 0.15) is 5.75 Å². The maximum Gasteiger partial charge on any atom is 0.261 e. The number of nitrogens with zero attached hydrogens (tertiary/aromatic N) is 1. The number of nitrogens with two attached hydrogens (primary N) is 1. The largest absolute Gasteiger partial charge is 0.491 e. The third kappa shape index (κ3) is 5.07. The quantitative estimate of drug-likeness (QED) is 0.441. The first-order valence-corrected chi connectivity index (χ1v) is 9.73. The summed E-state index contributed by atoms with van der Waals surface area (Å²) in [7, 11) is 1.55. The molecule has 1 aliphatic heterocycles. The maximum atomic E-state index is 12.8. The van der Waals surface area contributed by atoms with Crippen molar-refractivity contribution in [1.82, 2.24) is 4.90 Å². The Bertz CT molecular complexity index is 1020. The van der Waals surface area contributed by atoms with Crippen molar-refractivity contribution in [3.05, 3.63) is 59.2 Å². The summed E-state index contributed by atoms with van der Waals surface area (Å²) in [4.78, 5) is 49.9. The number of primary amides is 1. The second-order valence-electron chi connectivity index (χ2n) is 6.88. The number of hydrogen-bond donors (Lipinski definition) is 2. The second-order valence-corrected chi connectivity index (χ2v) is 6.88. The Kier molecular flexibility index (Phi) is 6.99. The van der Waals surface area contributed by atoms with Crippen LogP contribution in [0.25, 0.3) is 0 Å². The van der Waals surface area contributed by atoms with Crippen LogP contribution in [0.3, 0.4) is 0 Å². The zero-order valence-electron chi connectivity index (χ0n) is 17.1. The zero-order chi connectivity index (χ0) is 22.4. The number of imide groups is 1. The molecule has 9 heteroatoms. The number of para-hydroxylation sites is 2. The summed E-state index contributed by atoms with van der Waals surface area (Å²) < 4.78 is 10.5. The number of nitrogens with one attached hydrogen (secondary N) is 1. The van der Waals surface area contributed by atoms with Crippen LogP contribution in [-0.2, 0) is 9.53 Å². The molecule has 0 spiro atoms. The van der Waals surface area contributed by atoms with E-state index in [9.17, 15) is 19.2 Å². The monoisotopic (exact) mass is 425 g/mol. The molecule has 31 heavy (non-hydrogen) atoms. The number of benzene rings is 2. The van der Waals surface area contributed by atoms with Gasteiger partial charge < -0.3 is 20.5 Å². The molecule has 2 aromatic carbocycles. The second kappa shape index (κ2) is 9.86. The SMILES string of the molecule is COCCCN1C(=O)c2ccc(C(=O)Nc3ccccc3OCCC(N)=O)cc2C1=O. The molecule has 4 amide bonds. The number of fused-ring (bicyclic) bond motifs is 1. The van der Waals surface area contributed by atoms with Crippen molar-refractivity contribution < 1.29 is 28.7 Å². The molecule has 0 atom stereocenters. The number of anilines is 1. The standard InChI is InChI=1S/C22H23N3O6/c1-30-11-4-10-25-21(28)15-8-7-14(13-16(15)22(25)29)20(27)24-17-5-2-3-6-18(17)31-12-9-19(23)26/h2-3,5-8,13H,4,9-12H2,1H3,(H2,23,26)(H,24,27). The van der Waals surface area contributed by atoms with Gasteiger partial charge in [-0.25, -0.2) is 0 Å². The van der Waals surface area contributed by atoms with Crippen LogP contribution in [0.1, 0.15) is 43.9 Å². The molecule has 0 bridgehead atoms. The topological polar surface area (TPSA) is 128 Å². The van der Waals surface area contributed by atoms with Crippen molar-refractivity contribution in [2.75, 3.05) is 32.2 Å². The minimum atomic E-state index is -0.491. The van der Waals surface area contributed by atoms with E-state index in [4.69, 9.17) is 15.2 Å². The van der Waals surface area contributed by atoms with Crippen LogP contribution < -0.4 is 15.8 Å². The average Bonchev–Trinajstić information content (AvgIpc) is 2.99. The lowest BCUT2D eigenvalue weighted by Gasteiger charge is -2.13. The molecule has 0 aliphatic carbocycles. The van der Waals surface area contributed by atoms with Crippen molar-refractivity contribution in [2.24, 2.45) is 5.73 Å². The Balaban J connectivity index is 1.73. The van der Waals surface area contributed by atoms with Gasteiger partial charge in [0.15, 0.2) is 0 Å². The minimum absolute atomic E-state index is 0.0458. The molecular formula is C22H23N3O6. The highest BCUT2D eigenvalue weighted by Crippen LogP contribution is 2.27. The Morgan fingerprint density at radius 3 is 2.52 bits per heavy atom. The molecule has 0 saturated carbocycles. The predicted octanol–water partition coefficient (Wildman–Crippen LogP) is 1.83. The lowest BCUT2D eigenvalue weighted by atomic mass is 10.1. The summed E-state index contributed by atoms with van der Waals surface area (Å²) >= 11 is 0. The van der Waals surface area contributed by atoms with Gasteiger partial charge in [-0.15, -0.1) is 0 Å². The first kappa shape index (κ1) is 22.0. The Morgan fingerprint density at radius 1 is 1.03 bits per heavy atom. The number of carbonyl (C=O) groups is 4. The van der Waals surface area contributed by atoms with Crippen molar-refractivity contribution in [3.63, 3.8) is 0 Å². The van der Waals surface area contributed by atoms with Gasteiger partial charge in [0.2, 0.25) is 5.91 Å². The number of carbonyl (C=O) groups excluding carboxylic acids is 4. The lowest BCUT2D eigenvalue weighted by molar-refractivity contribution is -0.118. The van der Waals surface area contributed by atoms with Crippen LogP contribution in [0.5, 0.6) is 5.75 Å². The normalized spacial score (nSPS) is 12.6. The van der Waals surface area contributed by atoms with Crippen molar-refractivity contribution >= 4 is 29.3 Å². The van der Waals surface area contributed by atoms with E-state index in [1.54, 1.807) is 31.4 Å². The van der Waals surface area contributed by atoms with Crippen molar-refractivity contribution in [2.45, 2.75) is 12.8 Å². The molecule has 0 aromatic heterocycles. The number of hydrogen-bond acceptors (Lipinski definition) is 6. The van der Waals surface area contributed by atoms with E-state index in [2.05, 4.69) is 5.32 Å². The lowest BCUT2D eigenvalue weighted by Crippen LogP contribution is -2.31. The Hall–Kier alpha value is -3.72. The molecule has 0 unspecified atom stereocenters. The molecule has 2 aromatic rings. The molecular weight excluding hydrogens is 402 g/mol. The third-order valence-electron chi connectivity index (χ3n) is 4.70. The van der Waals surface area contributed by atoms with E-state index >= 15 is 0 Å². The van der Waals surface area contributed by atoms with Crippen LogP contribution in [-0.4, -0.2) is 55.4 Å². The van der Waals surface area contributed by atoms with E-state index in [0.29, 0.717) is 24.5 Å². The molecule has 3 rings (SSSR count). The summed E-state index contributed by atoms with van der Waals surface area (Å²) in [5.74, 6) is -1.38. The van der Waals surface area contributed by atoms with Gasteiger partial charge in [-0.2, -0.15) is 0 Å². The Morgan fingerprint density at radius 2 is 1.77 bits per heavy atom. The van der Waals surface area contributed by atoms with E-state index in [1.807, 2.05) is 0 Å². The minimum Gasteiger partial charge on any atom is -0.491 e. The van der Waals surface area contributed by atoms with Gasteiger partial charge in [0, 0.05) is 25.8 Å². The summed E-state index contributed by atoms with van der Waals surface area (Å²) in [6, 6.07) is 11.1. The molecule has 0 saturated heterocycles. The van der Waals surface area contributed by atoms with Gasteiger partial charge in [-0.1, -0.05) is 12.1 Å². The van der Waals surface area contributed by atoms with Gasteiger partial charge in [0.05, 0.1) is 29.8 Å². The highest BCUT2D eigenvalue weighted by Gasteiger charge is 2.35. The fourth-order valence-corrected chi connectivity index (χ4v) is 3.15. The third-order valence-corrected chi connectivity index (χ3v) is 4.70. The first-order chi connectivity index (χ1) is 14.9. The van der Waals surface area contributed by atoms with E-state index in [-0.39, 0.29) is 42.2 Å². The van der Waals surface area contributed by atoms with Crippen molar-refractivity contribution in [3.8, 4) is 5.75 Å². The average molecular weight is 425 g/mol. The number of rotatable bonds is 10.